The van der Waals surface area contributed by atoms with Crippen molar-refractivity contribution < 1.29 is 8.42 Å². The Bertz CT molecular complexity index is 707. The zero-order valence-electron chi connectivity index (χ0n) is 11.8. The smallest absolute Gasteiger partial charge is 0.192 e. The molecule has 0 aliphatic heterocycles. The van der Waals surface area contributed by atoms with Crippen LogP contribution in [-0.2, 0) is 16.4 Å². The number of sulfone groups is 1. The summed E-state index contributed by atoms with van der Waals surface area (Å²) >= 11 is 0. The molecule has 106 valence electrons. The van der Waals surface area contributed by atoms with Gasteiger partial charge in [0.1, 0.15) is 0 Å². The number of hydrogen-bond donors (Lipinski definition) is 1. The molecule has 0 fully saturated rings. The number of aryl methyl sites for hydroxylation is 1. The Morgan fingerprint density at radius 2 is 1.90 bits per heavy atom. The molecule has 0 saturated heterocycles. The van der Waals surface area contributed by atoms with Gasteiger partial charge in [0, 0.05) is 12.8 Å². The van der Waals surface area contributed by atoms with Crippen LogP contribution in [-0.4, -0.2) is 19.7 Å². The normalized spacial score (nSPS) is 11.3. The summed E-state index contributed by atoms with van der Waals surface area (Å²) in [6.07, 6.45) is 2.69. The number of anilines is 1. The highest BCUT2D eigenvalue weighted by atomic mass is 32.2. The molecule has 0 aliphatic rings. The molecular formula is C15H18N2O2S. The van der Waals surface area contributed by atoms with E-state index in [1.807, 2.05) is 6.07 Å². The van der Waals surface area contributed by atoms with Gasteiger partial charge in [0.25, 0.3) is 0 Å². The summed E-state index contributed by atoms with van der Waals surface area (Å²) in [7, 11) is -3.24. The Morgan fingerprint density at radius 3 is 2.50 bits per heavy atom. The first-order valence-corrected chi connectivity index (χ1v) is 8.22. The van der Waals surface area contributed by atoms with Crippen LogP contribution in [0.5, 0.6) is 0 Å². The maximum absolute atomic E-state index is 11.3. The van der Waals surface area contributed by atoms with Gasteiger partial charge in [-0.1, -0.05) is 18.2 Å². The van der Waals surface area contributed by atoms with Crippen LogP contribution in [0.2, 0.25) is 0 Å². The molecule has 1 aromatic heterocycles. The van der Waals surface area contributed by atoms with Crippen molar-refractivity contribution in [3.63, 3.8) is 0 Å². The lowest BCUT2D eigenvalue weighted by atomic mass is 10.0. The van der Waals surface area contributed by atoms with Crippen molar-refractivity contribution in [3.05, 3.63) is 53.2 Å². The van der Waals surface area contributed by atoms with Gasteiger partial charge in [-0.25, -0.2) is 13.4 Å². The van der Waals surface area contributed by atoms with Gasteiger partial charge in [-0.15, -0.1) is 0 Å². The van der Waals surface area contributed by atoms with Crippen molar-refractivity contribution in [3.8, 4) is 0 Å². The summed E-state index contributed by atoms with van der Waals surface area (Å²) in [6, 6.07) is 9.44. The van der Waals surface area contributed by atoms with Crippen molar-refractivity contribution in [2.45, 2.75) is 25.4 Å². The van der Waals surface area contributed by atoms with E-state index in [4.69, 9.17) is 0 Å². The summed E-state index contributed by atoms with van der Waals surface area (Å²) in [5.74, 6) is 0. The SMILES string of the molecule is Cc1cccc(CNc2ccc(S(C)(=O)=O)nc2)c1C. The van der Waals surface area contributed by atoms with Crippen LogP contribution in [0.4, 0.5) is 5.69 Å². The minimum Gasteiger partial charge on any atom is -0.380 e. The minimum atomic E-state index is -3.24. The lowest BCUT2D eigenvalue weighted by Crippen LogP contribution is -2.04. The Labute approximate surface area is 119 Å². The zero-order chi connectivity index (χ0) is 14.8. The van der Waals surface area contributed by atoms with Crippen LogP contribution in [0.1, 0.15) is 16.7 Å². The minimum absolute atomic E-state index is 0.0924. The first-order valence-electron chi connectivity index (χ1n) is 6.33. The van der Waals surface area contributed by atoms with Crippen molar-refractivity contribution in [2.75, 3.05) is 11.6 Å². The lowest BCUT2D eigenvalue weighted by Gasteiger charge is -2.10. The maximum atomic E-state index is 11.3. The van der Waals surface area contributed by atoms with E-state index in [2.05, 4.69) is 36.3 Å². The molecule has 1 aromatic carbocycles. The monoisotopic (exact) mass is 290 g/mol. The van der Waals surface area contributed by atoms with Crippen molar-refractivity contribution in [2.24, 2.45) is 0 Å². The number of nitrogens with one attached hydrogen (secondary N) is 1. The lowest BCUT2D eigenvalue weighted by molar-refractivity contribution is 0.598. The van der Waals surface area contributed by atoms with Gasteiger partial charge in [-0.3, -0.25) is 0 Å². The first kappa shape index (κ1) is 14.5. The molecular weight excluding hydrogens is 272 g/mol. The van der Waals surface area contributed by atoms with Crippen LogP contribution in [0.3, 0.4) is 0 Å². The third-order valence-electron chi connectivity index (χ3n) is 3.32. The third kappa shape index (κ3) is 3.36. The van der Waals surface area contributed by atoms with Crippen LogP contribution < -0.4 is 5.32 Å². The molecule has 0 spiro atoms. The molecule has 0 atom stereocenters. The number of benzene rings is 1. The quantitative estimate of drug-likeness (QED) is 0.940. The molecule has 0 bridgehead atoms. The van der Waals surface area contributed by atoms with Crippen LogP contribution in [0.15, 0.2) is 41.6 Å². The van der Waals surface area contributed by atoms with Gasteiger partial charge in [-0.05, 0) is 42.7 Å². The maximum Gasteiger partial charge on any atom is 0.192 e. The second-order valence-electron chi connectivity index (χ2n) is 4.87. The van der Waals surface area contributed by atoms with E-state index in [9.17, 15) is 8.42 Å². The van der Waals surface area contributed by atoms with Gasteiger partial charge >= 0.3 is 0 Å². The number of rotatable bonds is 4. The van der Waals surface area contributed by atoms with Gasteiger partial charge in [-0.2, -0.15) is 0 Å². The fourth-order valence-corrected chi connectivity index (χ4v) is 2.46. The summed E-state index contributed by atoms with van der Waals surface area (Å²) in [4.78, 5) is 3.95. The fraction of sp³-hybridized carbons (Fsp3) is 0.267. The van der Waals surface area contributed by atoms with Gasteiger partial charge in [0.05, 0.1) is 11.9 Å². The second kappa shape index (κ2) is 5.63. The predicted octanol–water partition coefficient (Wildman–Crippen LogP) is 2.71. The highest BCUT2D eigenvalue weighted by Crippen LogP contribution is 2.15. The zero-order valence-corrected chi connectivity index (χ0v) is 12.7. The topological polar surface area (TPSA) is 59.1 Å². The van der Waals surface area contributed by atoms with Crippen molar-refractivity contribution in [1.82, 2.24) is 4.98 Å². The molecule has 0 unspecified atom stereocenters. The van der Waals surface area contributed by atoms with E-state index in [1.54, 1.807) is 12.3 Å². The van der Waals surface area contributed by atoms with Gasteiger partial charge in [0.15, 0.2) is 14.9 Å². The third-order valence-corrected chi connectivity index (χ3v) is 4.32. The van der Waals surface area contributed by atoms with Crippen molar-refractivity contribution in [1.29, 1.82) is 0 Å². The largest absolute Gasteiger partial charge is 0.380 e. The van der Waals surface area contributed by atoms with E-state index >= 15 is 0 Å². The molecule has 4 nitrogen and oxygen atoms in total. The van der Waals surface area contributed by atoms with Gasteiger partial charge in [0.2, 0.25) is 0 Å². The first-order chi connectivity index (χ1) is 9.38. The molecule has 20 heavy (non-hydrogen) atoms. The highest BCUT2D eigenvalue weighted by Gasteiger charge is 2.08. The van der Waals surface area contributed by atoms with Crippen LogP contribution in [0.25, 0.3) is 0 Å². The molecule has 0 amide bonds. The number of hydrogen-bond acceptors (Lipinski definition) is 4. The van der Waals surface area contributed by atoms with E-state index in [1.165, 1.54) is 22.8 Å². The standard InChI is InChI=1S/C15H18N2O2S/c1-11-5-4-6-13(12(11)2)9-16-14-7-8-15(17-10-14)20(3,18)19/h4-8,10,16H,9H2,1-3H3. The van der Waals surface area contributed by atoms with E-state index in [0.29, 0.717) is 6.54 Å². The van der Waals surface area contributed by atoms with Crippen LogP contribution in [0, 0.1) is 13.8 Å². The Balaban J connectivity index is 2.10. The van der Waals surface area contributed by atoms with E-state index in [0.717, 1.165) is 11.9 Å². The van der Waals surface area contributed by atoms with Gasteiger partial charge < -0.3 is 5.32 Å². The van der Waals surface area contributed by atoms with Crippen molar-refractivity contribution >= 4 is 15.5 Å². The molecule has 5 heteroatoms. The molecule has 2 rings (SSSR count). The molecule has 0 saturated carbocycles. The van der Waals surface area contributed by atoms with E-state index in [-0.39, 0.29) is 5.03 Å². The summed E-state index contributed by atoms with van der Waals surface area (Å²) in [5, 5.41) is 3.34. The fourth-order valence-electron chi connectivity index (χ4n) is 1.90. The highest BCUT2D eigenvalue weighted by molar-refractivity contribution is 7.90. The van der Waals surface area contributed by atoms with Crippen LogP contribution >= 0.6 is 0 Å². The summed E-state index contributed by atoms with van der Waals surface area (Å²) in [5.41, 5.74) is 4.55. The summed E-state index contributed by atoms with van der Waals surface area (Å²) in [6.45, 7) is 4.87. The molecule has 2 aromatic rings. The Kier molecular flexibility index (Phi) is 4.09. The predicted molar refractivity (Wildman–Crippen MR) is 80.6 cm³/mol. The molecule has 1 heterocycles. The Morgan fingerprint density at radius 1 is 1.15 bits per heavy atom. The number of pyridine rings is 1. The Hall–Kier alpha value is -1.88. The average Bonchev–Trinajstić information content (AvgIpc) is 2.40. The summed E-state index contributed by atoms with van der Waals surface area (Å²) < 4.78 is 22.6. The molecule has 1 N–H and O–H groups in total. The average molecular weight is 290 g/mol. The second-order valence-corrected chi connectivity index (χ2v) is 6.83. The molecule has 0 aliphatic carbocycles. The van der Waals surface area contributed by atoms with E-state index < -0.39 is 9.84 Å². The molecule has 0 radical (unpaired) electrons. The number of aromatic nitrogens is 1. The number of nitrogens with zero attached hydrogens (tertiary/aromatic N) is 1.